The van der Waals surface area contributed by atoms with Gasteiger partial charge in [0.2, 0.25) is 0 Å². The molecule has 0 atom stereocenters. The lowest BCUT2D eigenvalue weighted by molar-refractivity contribution is -0.168. The lowest BCUT2D eigenvalue weighted by atomic mass is 10.3. The average molecular weight is 330 g/mol. The van der Waals surface area contributed by atoms with Gasteiger partial charge in [-0.25, -0.2) is 9.59 Å². The minimum atomic E-state index is -1.05. The Morgan fingerprint density at radius 2 is 0.958 bits per heavy atom. The number of hydrogen-bond donors (Lipinski definition) is 0. The smallest absolute Gasteiger partial charge is 0.417 e. The largest absolute Gasteiger partial charge is 0.490 e. The number of hydrogen-bond acceptors (Lipinski definition) is 6. The minimum absolute atomic E-state index is 0.0384. The van der Waals surface area contributed by atoms with Crippen molar-refractivity contribution < 1.29 is 28.5 Å². The van der Waals surface area contributed by atoms with Crippen molar-refractivity contribution >= 4 is 11.9 Å². The first kappa shape index (κ1) is 17.3. The third-order valence-corrected chi connectivity index (χ3v) is 2.82. The zero-order valence-corrected chi connectivity index (χ0v) is 13.1. The highest BCUT2D eigenvalue weighted by Crippen LogP contribution is 2.08. The molecule has 2 aromatic rings. The highest BCUT2D eigenvalue weighted by molar-refractivity contribution is 6.29. The van der Waals surface area contributed by atoms with Gasteiger partial charge >= 0.3 is 11.9 Å². The molecule has 0 radical (unpaired) electrons. The molecule has 0 saturated heterocycles. The molecule has 24 heavy (non-hydrogen) atoms. The number of carbonyl (C=O) groups is 2. The summed E-state index contributed by atoms with van der Waals surface area (Å²) < 4.78 is 20.2. The summed E-state index contributed by atoms with van der Waals surface area (Å²) in [6.07, 6.45) is 0. The van der Waals surface area contributed by atoms with Crippen LogP contribution < -0.4 is 9.47 Å². The van der Waals surface area contributed by atoms with Gasteiger partial charge in [-0.2, -0.15) is 0 Å². The molecule has 0 aliphatic rings. The SMILES string of the molecule is O=C(OCCOc1ccccc1)C(=O)OCCOc1ccccc1. The Balaban J connectivity index is 1.54. The summed E-state index contributed by atoms with van der Waals surface area (Å²) in [5, 5.41) is 0. The molecular formula is C18H18O6. The van der Waals surface area contributed by atoms with Gasteiger partial charge in [-0.3, -0.25) is 0 Å². The van der Waals surface area contributed by atoms with Crippen LogP contribution in [0.1, 0.15) is 0 Å². The molecule has 0 heterocycles. The van der Waals surface area contributed by atoms with Crippen molar-refractivity contribution in [3.63, 3.8) is 0 Å². The highest BCUT2D eigenvalue weighted by Gasteiger charge is 2.17. The van der Waals surface area contributed by atoms with Crippen LogP contribution in [0.5, 0.6) is 11.5 Å². The van der Waals surface area contributed by atoms with Crippen LogP contribution in [0.15, 0.2) is 60.7 Å². The molecule has 0 fully saturated rings. The van der Waals surface area contributed by atoms with E-state index in [0.717, 1.165) is 0 Å². The van der Waals surface area contributed by atoms with E-state index < -0.39 is 11.9 Å². The van der Waals surface area contributed by atoms with Gasteiger partial charge in [0.05, 0.1) is 0 Å². The molecule has 0 aromatic heterocycles. The Bertz CT molecular complexity index is 569. The zero-order valence-electron chi connectivity index (χ0n) is 13.1. The van der Waals surface area contributed by atoms with Crippen LogP contribution in [0.4, 0.5) is 0 Å². The molecule has 126 valence electrons. The minimum Gasteiger partial charge on any atom is -0.490 e. The normalized spacial score (nSPS) is 9.83. The van der Waals surface area contributed by atoms with E-state index in [2.05, 4.69) is 0 Å². The monoisotopic (exact) mass is 330 g/mol. The van der Waals surface area contributed by atoms with Gasteiger partial charge in [-0.1, -0.05) is 36.4 Å². The van der Waals surface area contributed by atoms with Crippen molar-refractivity contribution in [2.24, 2.45) is 0 Å². The summed E-state index contributed by atoms with van der Waals surface area (Å²) in [6.45, 7) is 0.229. The lowest BCUT2D eigenvalue weighted by Gasteiger charge is -2.08. The Hall–Kier alpha value is -3.02. The van der Waals surface area contributed by atoms with Gasteiger partial charge in [0.1, 0.15) is 37.9 Å². The molecule has 0 aliphatic heterocycles. The molecule has 0 spiro atoms. The maximum Gasteiger partial charge on any atom is 0.417 e. The molecule has 6 heteroatoms. The zero-order chi connectivity index (χ0) is 17.0. The van der Waals surface area contributed by atoms with Gasteiger partial charge in [-0.05, 0) is 24.3 Å². The van der Waals surface area contributed by atoms with E-state index in [0.29, 0.717) is 11.5 Å². The average Bonchev–Trinajstić information content (AvgIpc) is 2.63. The molecule has 6 nitrogen and oxygen atoms in total. The summed E-state index contributed by atoms with van der Waals surface area (Å²) in [5.74, 6) is -0.777. The van der Waals surface area contributed by atoms with Crippen LogP contribution in [0.3, 0.4) is 0 Å². The Labute approximate surface area is 139 Å². The fraction of sp³-hybridized carbons (Fsp3) is 0.222. The van der Waals surface area contributed by atoms with E-state index in [1.807, 2.05) is 36.4 Å². The topological polar surface area (TPSA) is 71.1 Å². The number of para-hydroxylation sites is 2. The Morgan fingerprint density at radius 1 is 0.583 bits per heavy atom. The fourth-order valence-corrected chi connectivity index (χ4v) is 1.74. The van der Waals surface area contributed by atoms with Gasteiger partial charge < -0.3 is 18.9 Å². The quantitative estimate of drug-likeness (QED) is 0.420. The molecule has 0 N–H and O–H groups in total. The second kappa shape index (κ2) is 9.89. The first-order valence-electron chi connectivity index (χ1n) is 7.45. The van der Waals surface area contributed by atoms with Gasteiger partial charge in [-0.15, -0.1) is 0 Å². The second-order valence-corrected chi connectivity index (χ2v) is 4.59. The lowest BCUT2D eigenvalue weighted by Crippen LogP contribution is -2.24. The predicted octanol–water partition coefficient (Wildman–Crippen LogP) is 2.23. The number of benzene rings is 2. The van der Waals surface area contributed by atoms with Crippen LogP contribution >= 0.6 is 0 Å². The third-order valence-electron chi connectivity index (χ3n) is 2.82. The van der Waals surface area contributed by atoms with Crippen LogP contribution in [-0.4, -0.2) is 38.4 Å². The molecule has 2 rings (SSSR count). The van der Waals surface area contributed by atoms with E-state index >= 15 is 0 Å². The van der Waals surface area contributed by atoms with Crippen LogP contribution in [0.25, 0.3) is 0 Å². The predicted molar refractivity (Wildman–Crippen MR) is 85.8 cm³/mol. The van der Waals surface area contributed by atoms with Crippen molar-refractivity contribution in [2.45, 2.75) is 0 Å². The number of carbonyl (C=O) groups excluding carboxylic acids is 2. The van der Waals surface area contributed by atoms with Gasteiger partial charge in [0, 0.05) is 0 Å². The summed E-state index contributed by atoms with van der Waals surface area (Å²) in [6, 6.07) is 18.2. The fourth-order valence-electron chi connectivity index (χ4n) is 1.74. The Kier molecular flexibility index (Phi) is 7.14. The van der Waals surface area contributed by atoms with E-state index in [-0.39, 0.29) is 26.4 Å². The van der Waals surface area contributed by atoms with Crippen LogP contribution in [0, 0.1) is 0 Å². The van der Waals surface area contributed by atoms with Crippen molar-refractivity contribution in [3.8, 4) is 11.5 Å². The number of esters is 2. The number of ether oxygens (including phenoxy) is 4. The summed E-state index contributed by atoms with van der Waals surface area (Å²) in [5.41, 5.74) is 0. The second-order valence-electron chi connectivity index (χ2n) is 4.59. The molecule has 0 bridgehead atoms. The van der Waals surface area contributed by atoms with Gasteiger partial charge in [0.15, 0.2) is 0 Å². The van der Waals surface area contributed by atoms with Crippen LogP contribution in [-0.2, 0) is 19.1 Å². The third kappa shape index (κ3) is 6.39. The van der Waals surface area contributed by atoms with Crippen molar-refractivity contribution in [2.75, 3.05) is 26.4 Å². The molecule has 0 aliphatic carbocycles. The number of rotatable bonds is 8. The summed E-state index contributed by atoms with van der Waals surface area (Å²) in [7, 11) is 0. The summed E-state index contributed by atoms with van der Waals surface area (Å²) in [4.78, 5) is 22.9. The van der Waals surface area contributed by atoms with E-state index in [1.54, 1.807) is 24.3 Å². The van der Waals surface area contributed by atoms with Crippen molar-refractivity contribution in [1.82, 2.24) is 0 Å². The molecule has 2 aromatic carbocycles. The molecule has 0 saturated carbocycles. The van der Waals surface area contributed by atoms with E-state index in [1.165, 1.54) is 0 Å². The van der Waals surface area contributed by atoms with E-state index in [9.17, 15) is 9.59 Å². The first-order valence-corrected chi connectivity index (χ1v) is 7.45. The van der Waals surface area contributed by atoms with E-state index in [4.69, 9.17) is 18.9 Å². The van der Waals surface area contributed by atoms with Crippen molar-refractivity contribution in [1.29, 1.82) is 0 Å². The maximum atomic E-state index is 11.4. The van der Waals surface area contributed by atoms with Crippen LogP contribution in [0.2, 0.25) is 0 Å². The molecule has 0 amide bonds. The first-order chi connectivity index (χ1) is 11.8. The highest BCUT2D eigenvalue weighted by atomic mass is 16.6. The molecular weight excluding hydrogens is 312 g/mol. The summed E-state index contributed by atoms with van der Waals surface area (Å²) >= 11 is 0. The van der Waals surface area contributed by atoms with Gasteiger partial charge in [0.25, 0.3) is 0 Å². The standard InChI is InChI=1S/C18H18O6/c19-17(23-13-11-21-15-7-3-1-4-8-15)18(20)24-14-12-22-16-9-5-2-6-10-16/h1-10H,11-14H2. The Morgan fingerprint density at radius 3 is 1.33 bits per heavy atom. The maximum absolute atomic E-state index is 11.4. The van der Waals surface area contributed by atoms with Crippen molar-refractivity contribution in [3.05, 3.63) is 60.7 Å². The molecule has 0 unspecified atom stereocenters.